The highest BCUT2D eigenvalue weighted by Gasteiger charge is 2.30. The topological polar surface area (TPSA) is 66.5 Å². The number of amides is 2. The van der Waals surface area contributed by atoms with E-state index in [-0.39, 0.29) is 24.0 Å². The van der Waals surface area contributed by atoms with Crippen LogP contribution in [0.15, 0.2) is 65.6 Å². The van der Waals surface area contributed by atoms with Gasteiger partial charge in [-0.15, -0.1) is 0 Å². The van der Waals surface area contributed by atoms with Crippen LogP contribution in [0.1, 0.15) is 21.5 Å². The zero-order chi connectivity index (χ0) is 22.1. The third kappa shape index (κ3) is 4.52. The average molecular weight is 457 g/mol. The average Bonchev–Trinajstić information content (AvgIpc) is 2.74. The van der Waals surface area contributed by atoms with E-state index in [1.54, 1.807) is 42.5 Å². The van der Waals surface area contributed by atoms with E-state index in [1.807, 2.05) is 13.0 Å². The third-order valence-corrected chi connectivity index (χ3v) is 6.60. The predicted octanol–water partition coefficient (Wildman–Crippen LogP) is 4.69. The van der Waals surface area contributed by atoms with E-state index < -0.39 is 16.7 Å². The maximum absolute atomic E-state index is 13.2. The van der Waals surface area contributed by atoms with E-state index in [2.05, 4.69) is 5.32 Å². The molecule has 3 aromatic carbocycles. The highest BCUT2D eigenvalue weighted by Crippen LogP contribution is 2.32. The Balaban J connectivity index is 1.66. The summed E-state index contributed by atoms with van der Waals surface area (Å²) in [6, 6.07) is 15.8. The Morgan fingerprint density at radius 3 is 2.58 bits per heavy atom. The number of halogens is 2. The summed E-state index contributed by atoms with van der Waals surface area (Å²) in [7, 11) is -1.50. The van der Waals surface area contributed by atoms with Gasteiger partial charge in [0.2, 0.25) is 5.91 Å². The van der Waals surface area contributed by atoms with Crippen molar-refractivity contribution in [1.29, 1.82) is 0 Å². The van der Waals surface area contributed by atoms with Crippen LogP contribution in [0.25, 0.3) is 0 Å². The maximum Gasteiger partial charge on any atom is 0.255 e. The molecule has 0 aliphatic carbocycles. The Kier molecular flexibility index (Phi) is 5.89. The van der Waals surface area contributed by atoms with Crippen LogP contribution in [0.2, 0.25) is 5.02 Å². The number of nitrogens with one attached hydrogen (secondary N) is 1. The minimum atomic E-state index is -1.50. The van der Waals surface area contributed by atoms with E-state index >= 15 is 0 Å². The zero-order valence-corrected chi connectivity index (χ0v) is 18.1. The Hall–Kier alpha value is -3.03. The lowest BCUT2D eigenvalue weighted by Gasteiger charge is -2.29. The van der Waals surface area contributed by atoms with Gasteiger partial charge in [0.15, 0.2) is 0 Å². The van der Waals surface area contributed by atoms with Gasteiger partial charge in [0.1, 0.15) is 11.6 Å². The molecule has 1 aliphatic heterocycles. The fourth-order valence-corrected chi connectivity index (χ4v) is 4.77. The van der Waals surface area contributed by atoms with Crippen LogP contribution in [0, 0.1) is 12.7 Å². The molecule has 8 heteroatoms. The van der Waals surface area contributed by atoms with Crippen molar-refractivity contribution in [1.82, 2.24) is 0 Å². The Morgan fingerprint density at radius 1 is 1.13 bits per heavy atom. The highest BCUT2D eigenvalue weighted by atomic mass is 35.5. The molecule has 0 saturated carbocycles. The van der Waals surface area contributed by atoms with Crippen molar-refractivity contribution in [2.24, 2.45) is 0 Å². The molecule has 1 unspecified atom stereocenters. The van der Waals surface area contributed by atoms with Crippen molar-refractivity contribution >= 4 is 45.6 Å². The molecule has 0 spiro atoms. The van der Waals surface area contributed by atoms with Gasteiger partial charge in [-0.1, -0.05) is 29.8 Å². The third-order valence-electron chi connectivity index (χ3n) is 4.94. The van der Waals surface area contributed by atoms with Crippen molar-refractivity contribution in [2.45, 2.75) is 18.4 Å². The van der Waals surface area contributed by atoms with Crippen LogP contribution in [-0.4, -0.2) is 21.8 Å². The Bertz CT molecular complexity index is 1210. The second kappa shape index (κ2) is 8.61. The first-order valence-corrected chi connectivity index (χ1v) is 11.2. The summed E-state index contributed by atoms with van der Waals surface area (Å²) in [5, 5.41) is 3.18. The maximum atomic E-state index is 13.2. The number of carbonyl (C=O) groups excluding carboxylic acids is 2. The number of aryl methyl sites for hydroxylation is 1. The van der Waals surface area contributed by atoms with Gasteiger partial charge in [0, 0.05) is 5.56 Å². The van der Waals surface area contributed by atoms with Gasteiger partial charge >= 0.3 is 0 Å². The summed E-state index contributed by atoms with van der Waals surface area (Å²) in [6.45, 7) is 2.08. The SMILES string of the molecule is Cc1ccc(NC(=O)c2ccc3c(c2)N(Cc2ccc(F)cc2)C(=O)CS3=O)c(Cl)c1. The quantitative estimate of drug-likeness (QED) is 0.619. The van der Waals surface area contributed by atoms with E-state index in [0.29, 0.717) is 26.9 Å². The first-order valence-electron chi connectivity index (χ1n) is 9.46. The molecule has 0 aromatic heterocycles. The molecule has 4 rings (SSSR count). The minimum absolute atomic E-state index is 0.140. The number of hydrogen-bond acceptors (Lipinski definition) is 3. The molecule has 1 atom stereocenters. The fraction of sp³-hybridized carbons (Fsp3) is 0.130. The largest absolute Gasteiger partial charge is 0.321 e. The van der Waals surface area contributed by atoms with Gasteiger partial charge < -0.3 is 10.2 Å². The lowest BCUT2D eigenvalue weighted by molar-refractivity contribution is -0.116. The number of anilines is 2. The molecule has 1 heterocycles. The molecule has 5 nitrogen and oxygen atoms in total. The second-order valence-corrected chi connectivity index (χ2v) is 9.04. The summed E-state index contributed by atoms with van der Waals surface area (Å²) in [5.41, 5.74) is 2.86. The highest BCUT2D eigenvalue weighted by molar-refractivity contribution is 7.86. The van der Waals surface area contributed by atoms with Gasteiger partial charge in [-0.2, -0.15) is 0 Å². The molecule has 3 aromatic rings. The van der Waals surface area contributed by atoms with Crippen molar-refractivity contribution in [3.8, 4) is 0 Å². The predicted molar refractivity (Wildman–Crippen MR) is 119 cm³/mol. The van der Waals surface area contributed by atoms with Gasteiger partial charge in [0.25, 0.3) is 5.91 Å². The molecule has 1 N–H and O–H groups in total. The van der Waals surface area contributed by atoms with Crippen LogP contribution < -0.4 is 10.2 Å². The number of benzene rings is 3. The van der Waals surface area contributed by atoms with E-state index in [1.165, 1.54) is 17.0 Å². The van der Waals surface area contributed by atoms with Crippen LogP contribution in [0.4, 0.5) is 15.8 Å². The zero-order valence-electron chi connectivity index (χ0n) is 16.5. The molecule has 1 aliphatic rings. The monoisotopic (exact) mass is 456 g/mol. The second-order valence-electron chi connectivity index (χ2n) is 7.22. The molecule has 0 radical (unpaired) electrons. The van der Waals surface area contributed by atoms with Gasteiger partial charge in [-0.25, -0.2) is 4.39 Å². The summed E-state index contributed by atoms with van der Waals surface area (Å²) >= 11 is 6.20. The molecule has 0 fully saturated rings. The standard InChI is InChI=1S/C23H18ClFN2O3S/c1-14-2-8-19(18(24)10-14)26-23(29)16-5-9-21-20(11-16)27(22(28)13-31(21)30)12-15-3-6-17(25)7-4-15/h2-11H,12-13H2,1H3,(H,26,29). The van der Waals surface area contributed by atoms with Gasteiger partial charge in [0.05, 0.1) is 38.6 Å². The van der Waals surface area contributed by atoms with Crippen molar-refractivity contribution < 1.29 is 18.2 Å². The number of fused-ring (bicyclic) bond motifs is 1. The number of rotatable bonds is 4. The minimum Gasteiger partial charge on any atom is -0.321 e. The van der Waals surface area contributed by atoms with Crippen LogP contribution in [-0.2, 0) is 22.1 Å². The first-order chi connectivity index (χ1) is 14.8. The van der Waals surface area contributed by atoms with Crippen LogP contribution in [0.5, 0.6) is 0 Å². The summed E-state index contributed by atoms with van der Waals surface area (Å²) in [5.74, 6) is -1.24. The summed E-state index contributed by atoms with van der Waals surface area (Å²) < 4.78 is 25.7. The molecule has 2 amide bonds. The van der Waals surface area contributed by atoms with Crippen molar-refractivity contribution in [3.63, 3.8) is 0 Å². The van der Waals surface area contributed by atoms with Crippen molar-refractivity contribution in [2.75, 3.05) is 16.0 Å². The lowest BCUT2D eigenvalue weighted by atomic mass is 10.1. The van der Waals surface area contributed by atoms with Gasteiger partial charge in [-0.05, 0) is 60.5 Å². The number of hydrogen-bond donors (Lipinski definition) is 1. The van der Waals surface area contributed by atoms with Crippen LogP contribution in [0.3, 0.4) is 0 Å². The molecule has 0 saturated heterocycles. The van der Waals surface area contributed by atoms with E-state index in [4.69, 9.17) is 11.6 Å². The molecular formula is C23H18ClFN2O3S. The number of nitrogens with zero attached hydrogens (tertiary/aromatic N) is 1. The summed E-state index contributed by atoms with van der Waals surface area (Å²) in [6.07, 6.45) is 0. The Labute approximate surface area is 186 Å². The van der Waals surface area contributed by atoms with E-state index in [0.717, 1.165) is 11.1 Å². The first kappa shape index (κ1) is 21.2. The van der Waals surface area contributed by atoms with E-state index in [9.17, 15) is 18.2 Å². The molecule has 31 heavy (non-hydrogen) atoms. The smallest absolute Gasteiger partial charge is 0.255 e. The van der Waals surface area contributed by atoms with Gasteiger partial charge in [-0.3, -0.25) is 13.8 Å². The Morgan fingerprint density at radius 2 is 1.87 bits per heavy atom. The van der Waals surface area contributed by atoms with Crippen molar-refractivity contribution in [3.05, 3.63) is 88.2 Å². The summed E-state index contributed by atoms with van der Waals surface area (Å²) in [4.78, 5) is 27.4. The van der Waals surface area contributed by atoms with Crippen LogP contribution >= 0.6 is 11.6 Å². The molecule has 158 valence electrons. The normalized spacial score (nSPS) is 15.5. The fourth-order valence-electron chi connectivity index (χ4n) is 3.33. The molecular weight excluding hydrogens is 439 g/mol. The lowest BCUT2D eigenvalue weighted by Crippen LogP contribution is -2.38. The molecule has 0 bridgehead atoms. The number of carbonyl (C=O) groups is 2.